The standard InChI is InChI=1S/C19H28N2O/c1-15-5-3-4-6-18(15)13-20-10-7-19(14-20)17-8-11-21(12-9-17)16(2)22/h3-6,17,19H,7-14H2,1-2H3. The Morgan fingerprint density at radius 3 is 2.45 bits per heavy atom. The van der Waals surface area contributed by atoms with Gasteiger partial charge in [-0.25, -0.2) is 0 Å². The molecule has 0 saturated carbocycles. The van der Waals surface area contributed by atoms with Crippen molar-refractivity contribution >= 4 is 5.91 Å². The molecule has 1 unspecified atom stereocenters. The maximum Gasteiger partial charge on any atom is 0.219 e. The van der Waals surface area contributed by atoms with Crippen LogP contribution in [-0.4, -0.2) is 41.9 Å². The molecule has 0 spiro atoms. The molecule has 0 bridgehead atoms. The Kier molecular flexibility index (Phi) is 4.82. The van der Waals surface area contributed by atoms with Crippen LogP contribution in [0.3, 0.4) is 0 Å². The summed E-state index contributed by atoms with van der Waals surface area (Å²) < 4.78 is 0. The van der Waals surface area contributed by atoms with Crippen LogP contribution in [0.1, 0.15) is 37.3 Å². The van der Waals surface area contributed by atoms with E-state index >= 15 is 0 Å². The van der Waals surface area contributed by atoms with Crippen molar-refractivity contribution in [3.63, 3.8) is 0 Å². The van der Waals surface area contributed by atoms with Crippen LogP contribution >= 0.6 is 0 Å². The Labute approximate surface area is 134 Å². The van der Waals surface area contributed by atoms with Crippen LogP contribution in [0.2, 0.25) is 0 Å². The normalized spacial score (nSPS) is 23.9. The second-order valence-corrected chi connectivity index (χ2v) is 7.05. The first-order chi connectivity index (χ1) is 10.6. The first-order valence-electron chi connectivity index (χ1n) is 8.66. The molecule has 1 amide bonds. The summed E-state index contributed by atoms with van der Waals surface area (Å²) in [5, 5.41) is 0. The number of carbonyl (C=O) groups is 1. The predicted octanol–water partition coefficient (Wildman–Crippen LogP) is 3.08. The van der Waals surface area contributed by atoms with Crippen LogP contribution in [0, 0.1) is 18.8 Å². The van der Waals surface area contributed by atoms with Gasteiger partial charge in [0.2, 0.25) is 5.91 Å². The van der Waals surface area contributed by atoms with Gasteiger partial charge < -0.3 is 4.90 Å². The van der Waals surface area contributed by atoms with Gasteiger partial charge in [0.05, 0.1) is 0 Å². The third kappa shape index (κ3) is 3.52. The van der Waals surface area contributed by atoms with E-state index in [2.05, 4.69) is 36.1 Å². The molecular formula is C19H28N2O. The van der Waals surface area contributed by atoms with Gasteiger partial charge in [0.25, 0.3) is 0 Å². The molecule has 22 heavy (non-hydrogen) atoms. The highest BCUT2D eigenvalue weighted by Gasteiger charge is 2.32. The largest absolute Gasteiger partial charge is 0.343 e. The van der Waals surface area contributed by atoms with Crippen molar-refractivity contribution in [2.45, 2.75) is 39.7 Å². The zero-order chi connectivity index (χ0) is 15.5. The number of nitrogens with zero attached hydrogens (tertiary/aromatic N) is 2. The Morgan fingerprint density at radius 1 is 1.09 bits per heavy atom. The van der Waals surface area contributed by atoms with E-state index in [0.29, 0.717) is 0 Å². The molecule has 2 heterocycles. The maximum absolute atomic E-state index is 11.4. The quantitative estimate of drug-likeness (QED) is 0.856. The van der Waals surface area contributed by atoms with Crippen molar-refractivity contribution in [3.8, 4) is 0 Å². The molecular weight excluding hydrogens is 272 g/mol. The van der Waals surface area contributed by atoms with E-state index in [0.717, 1.165) is 31.5 Å². The topological polar surface area (TPSA) is 23.6 Å². The molecule has 0 aliphatic carbocycles. The Morgan fingerprint density at radius 2 is 1.77 bits per heavy atom. The molecule has 2 saturated heterocycles. The maximum atomic E-state index is 11.4. The van der Waals surface area contributed by atoms with Gasteiger partial charge in [0.15, 0.2) is 0 Å². The Balaban J connectivity index is 1.51. The predicted molar refractivity (Wildman–Crippen MR) is 89.5 cm³/mol. The number of benzene rings is 1. The molecule has 0 N–H and O–H groups in total. The van der Waals surface area contributed by atoms with Gasteiger partial charge in [-0.2, -0.15) is 0 Å². The van der Waals surface area contributed by atoms with E-state index < -0.39 is 0 Å². The summed E-state index contributed by atoms with van der Waals surface area (Å²) >= 11 is 0. The molecule has 1 aromatic carbocycles. The first-order valence-corrected chi connectivity index (χ1v) is 8.66. The molecule has 120 valence electrons. The third-order valence-corrected chi connectivity index (χ3v) is 5.62. The minimum absolute atomic E-state index is 0.242. The lowest BCUT2D eigenvalue weighted by atomic mass is 9.84. The van der Waals surface area contributed by atoms with Crippen molar-refractivity contribution in [1.29, 1.82) is 0 Å². The van der Waals surface area contributed by atoms with Crippen LogP contribution in [0.25, 0.3) is 0 Å². The summed E-state index contributed by atoms with van der Waals surface area (Å²) in [6, 6.07) is 8.73. The zero-order valence-corrected chi connectivity index (χ0v) is 13.9. The fraction of sp³-hybridized carbons (Fsp3) is 0.632. The molecule has 1 aromatic rings. The van der Waals surface area contributed by atoms with E-state index in [1.165, 1.54) is 43.5 Å². The number of aryl methyl sites for hydroxylation is 1. The molecule has 2 aliphatic heterocycles. The molecule has 3 heteroatoms. The van der Waals surface area contributed by atoms with Crippen LogP contribution in [0.4, 0.5) is 0 Å². The summed E-state index contributed by atoms with van der Waals surface area (Å²) in [6.07, 6.45) is 3.72. The molecule has 2 aliphatic rings. The molecule has 3 rings (SSSR count). The van der Waals surface area contributed by atoms with Crippen molar-refractivity contribution in [2.75, 3.05) is 26.2 Å². The monoisotopic (exact) mass is 300 g/mol. The summed E-state index contributed by atoms with van der Waals surface area (Å²) in [5.41, 5.74) is 2.87. The molecule has 0 aromatic heterocycles. The van der Waals surface area contributed by atoms with Gasteiger partial charge >= 0.3 is 0 Å². The van der Waals surface area contributed by atoms with E-state index in [4.69, 9.17) is 0 Å². The van der Waals surface area contributed by atoms with Crippen molar-refractivity contribution in [2.24, 2.45) is 11.8 Å². The van der Waals surface area contributed by atoms with Gasteiger partial charge in [-0.3, -0.25) is 9.69 Å². The van der Waals surface area contributed by atoms with Crippen LogP contribution < -0.4 is 0 Å². The number of rotatable bonds is 3. The number of hydrogen-bond acceptors (Lipinski definition) is 2. The molecule has 1 atom stereocenters. The highest BCUT2D eigenvalue weighted by Crippen LogP contribution is 2.32. The minimum Gasteiger partial charge on any atom is -0.343 e. The van der Waals surface area contributed by atoms with Gasteiger partial charge in [0, 0.05) is 33.1 Å². The van der Waals surface area contributed by atoms with Crippen molar-refractivity contribution < 1.29 is 4.79 Å². The highest BCUT2D eigenvalue weighted by atomic mass is 16.2. The number of likely N-dealkylation sites (tertiary alicyclic amines) is 2. The van der Waals surface area contributed by atoms with Crippen LogP contribution in [-0.2, 0) is 11.3 Å². The lowest BCUT2D eigenvalue weighted by molar-refractivity contribution is -0.130. The average Bonchev–Trinajstić information content (AvgIpc) is 2.98. The second kappa shape index (κ2) is 6.82. The third-order valence-electron chi connectivity index (χ3n) is 5.62. The summed E-state index contributed by atoms with van der Waals surface area (Å²) in [5.74, 6) is 1.89. The fourth-order valence-electron chi connectivity index (χ4n) is 4.11. The fourth-order valence-corrected chi connectivity index (χ4v) is 4.11. The van der Waals surface area contributed by atoms with Gasteiger partial charge in [-0.15, -0.1) is 0 Å². The first kappa shape index (κ1) is 15.5. The molecule has 3 nitrogen and oxygen atoms in total. The van der Waals surface area contributed by atoms with E-state index in [9.17, 15) is 4.79 Å². The number of carbonyl (C=O) groups excluding carboxylic acids is 1. The Hall–Kier alpha value is -1.35. The highest BCUT2D eigenvalue weighted by molar-refractivity contribution is 5.73. The SMILES string of the molecule is CC(=O)N1CCC(C2CCN(Cc3ccccc3C)C2)CC1. The molecule has 2 fully saturated rings. The van der Waals surface area contributed by atoms with Gasteiger partial charge in [0.1, 0.15) is 0 Å². The van der Waals surface area contributed by atoms with Crippen LogP contribution in [0.15, 0.2) is 24.3 Å². The number of hydrogen-bond donors (Lipinski definition) is 0. The van der Waals surface area contributed by atoms with Gasteiger partial charge in [-0.05, 0) is 55.7 Å². The van der Waals surface area contributed by atoms with Crippen molar-refractivity contribution in [1.82, 2.24) is 9.80 Å². The number of piperidine rings is 1. The second-order valence-electron chi connectivity index (χ2n) is 7.05. The summed E-state index contributed by atoms with van der Waals surface area (Å²) in [4.78, 5) is 16.1. The van der Waals surface area contributed by atoms with E-state index in [-0.39, 0.29) is 5.91 Å². The number of amides is 1. The van der Waals surface area contributed by atoms with Crippen LogP contribution in [0.5, 0.6) is 0 Å². The average molecular weight is 300 g/mol. The van der Waals surface area contributed by atoms with E-state index in [1.807, 2.05) is 4.90 Å². The lowest BCUT2D eigenvalue weighted by Gasteiger charge is -2.34. The van der Waals surface area contributed by atoms with E-state index in [1.54, 1.807) is 6.92 Å². The Bertz CT molecular complexity index is 520. The minimum atomic E-state index is 0.242. The summed E-state index contributed by atoms with van der Waals surface area (Å²) in [7, 11) is 0. The zero-order valence-electron chi connectivity index (χ0n) is 13.9. The smallest absolute Gasteiger partial charge is 0.219 e. The summed E-state index contributed by atoms with van der Waals surface area (Å²) in [6.45, 7) is 9.39. The van der Waals surface area contributed by atoms with Gasteiger partial charge in [-0.1, -0.05) is 24.3 Å². The lowest BCUT2D eigenvalue weighted by Crippen LogP contribution is -2.39. The molecule has 0 radical (unpaired) electrons. The van der Waals surface area contributed by atoms with Crippen molar-refractivity contribution in [3.05, 3.63) is 35.4 Å².